The van der Waals surface area contributed by atoms with E-state index in [0.29, 0.717) is 0 Å². The largest absolute Gasteiger partial charge is 0.857 e. The van der Waals surface area contributed by atoms with Crippen LogP contribution in [0.15, 0.2) is 20.6 Å². The van der Waals surface area contributed by atoms with Gasteiger partial charge in [-0.25, -0.2) is 0 Å². The van der Waals surface area contributed by atoms with Gasteiger partial charge in [-0.1, -0.05) is 0 Å². The molecule has 1 aliphatic rings. The average Bonchev–Trinajstić information content (AvgIpc) is 2.53. The number of hydrogen-bond acceptors (Lipinski definition) is 4. The monoisotopic (exact) mass is 304 g/mol. The number of carbonyl (C=O) groups excluding carboxylic acids is 1. The van der Waals surface area contributed by atoms with Gasteiger partial charge >= 0.3 is 101 Å². The Labute approximate surface area is 126 Å². The second-order valence-electron chi connectivity index (χ2n) is 4.57. The van der Waals surface area contributed by atoms with E-state index in [4.69, 9.17) is 13.5 Å². The number of allylic oxidation sites excluding steroid dienone is 4. The standard InChI is InChI=1S/C10H15.C2H4O2.2CH3O.Ti/c1-7-6-10(4,5)9(3)8(7)2;1-2(3)4;2*1-2;/h1-5H3;1H3,(H,3,4);2*1H3;/q;;2*-1;+3/p-1. The van der Waals surface area contributed by atoms with Gasteiger partial charge in [0.15, 0.2) is 0 Å². The van der Waals surface area contributed by atoms with Gasteiger partial charge in [0, 0.05) is 0 Å². The summed E-state index contributed by atoms with van der Waals surface area (Å²) in [5.41, 5.74) is 4.19. The van der Waals surface area contributed by atoms with Crippen molar-refractivity contribution in [3.63, 3.8) is 0 Å². The van der Waals surface area contributed by atoms with Gasteiger partial charge in [-0.2, -0.15) is 14.2 Å². The van der Waals surface area contributed by atoms with Crippen molar-refractivity contribution in [2.45, 2.75) is 41.5 Å². The van der Waals surface area contributed by atoms with Crippen molar-refractivity contribution < 1.29 is 37.9 Å². The third-order valence-corrected chi connectivity index (χ3v) is 5.85. The van der Waals surface area contributed by atoms with Crippen molar-refractivity contribution in [1.82, 2.24) is 0 Å². The molecule has 0 aromatic rings. The van der Waals surface area contributed by atoms with Crippen molar-refractivity contribution in [3.8, 4) is 0 Å². The number of hydrogen-bond donors (Lipinski definition) is 0. The molecule has 0 amide bonds. The van der Waals surface area contributed by atoms with E-state index in [0.717, 1.165) is 14.2 Å². The molecule has 108 valence electrons. The summed E-state index contributed by atoms with van der Waals surface area (Å²) in [5, 5.41) is 16.5. The average molecular weight is 304 g/mol. The van der Waals surface area contributed by atoms with Crippen LogP contribution in [0.4, 0.5) is 0 Å². The summed E-state index contributed by atoms with van der Waals surface area (Å²) in [5.74, 6) is -0.159. The first-order valence-electron chi connectivity index (χ1n) is 5.93. The molecule has 0 N–H and O–H groups in total. The van der Waals surface area contributed by atoms with Crippen LogP contribution >= 0.6 is 0 Å². The molecule has 0 heterocycles. The van der Waals surface area contributed by atoms with Gasteiger partial charge in [-0.05, 0) is 0 Å². The third kappa shape index (κ3) is 5.23. The zero-order valence-corrected chi connectivity index (χ0v) is 14.7. The molecule has 0 aliphatic heterocycles. The van der Waals surface area contributed by atoms with Crippen LogP contribution in [0.3, 0.4) is 0 Å². The molecule has 4 nitrogen and oxygen atoms in total. The summed E-state index contributed by atoms with van der Waals surface area (Å²) in [6.07, 6.45) is 0. The first-order chi connectivity index (χ1) is 8.78. The minimum atomic E-state index is -0.756. The van der Waals surface area contributed by atoms with E-state index in [9.17, 15) is 4.79 Å². The van der Waals surface area contributed by atoms with E-state index in [1.165, 1.54) is 27.5 Å². The summed E-state index contributed by atoms with van der Waals surface area (Å²) in [6, 6.07) is 0. The van der Waals surface area contributed by atoms with E-state index in [2.05, 4.69) is 34.6 Å². The Kier molecular flexibility index (Phi) is 10.4. The maximum atomic E-state index is 10.9. The van der Waals surface area contributed by atoms with Crippen LogP contribution in [-0.2, 0) is 27.7 Å². The van der Waals surface area contributed by atoms with Crippen molar-refractivity contribution in [3.05, 3.63) is 20.6 Å². The second kappa shape index (κ2) is 9.48. The fraction of sp³-hybridized carbons (Fsp3) is 0.643. The molecule has 0 aromatic heterocycles. The Morgan fingerprint density at radius 3 is 1.74 bits per heavy atom. The van der Waals surface area contributed by atoms with Crippen LogP contribution in [-0.4, -0.2) is 20.2 Å². The molecule has 0 aromatic carbocycles. The Balaban J connectivity index is 0. The molecular formula is C14H24O4Ti. The zero-order valence-electron chi connectivity index (χ0n) is 13.1. The van der Waals surface area contributed by atoms with Gasteiger partial charge in [0.2, 0.25) is 0 Å². The van der Waals surface area contributed by atoms with Gasteiger partial charge in [-0.3, -0.25) is 0 Å². The van der Waals surface area contributed by atoms with Crippen molar-refractivity contribution >= 4 is 5.97 Å². The molecule has 0 fully saturated rings. The van der Waals surface area contributed by atoms with Crippen molar-refractivity contribution in [2.24, 2.45) is 5.41 Å². The minimum Gasteiger partial charge on any atom is -0.857 e. The molecule has 0 spiro atoms. The van der Waals surface area contributed by atoms with Crippen LogP contribution in [0.2, 0.25) is 0 Å². The van der Waals surface area contributed by atoms with Crippen LogP contribution in [0.5, 0.6) is 0 Å². The summed E-state index contributed by atoms with van der Waals surface area (Å²) in [4.78, 5) is 10.9. The van der Waals surface area contributed by atoms with Crippen LogP contribution in [0.1, 0.15) is 41.5 Å². The number of carbonyl (C=O) groups is 1. The molecule has 1 rings (SSSR count). The summed E-state index contributed by atoms with van der Waals surface area (Å²) in [7, 11) is 1.50. The molecular weight excluding hydrogens is 280 g/mol. The maximum absolute atomic E-state index is 10.9. The third-order valence-electron chi connectivity index (χ3n) is 3.36. The van der Waals surface area contributed by atoms with Crippen LogP contribution in [0, 0.1) is 5.41 Å². The van der Waals surface area contributed by atoms with E-state index in [-0.39, 0.29) is 11.4 Å². The Bertz CT molecular complexity index is 368. The fourth-order valence-corrected chi connectivity index (χ4v) is 3.53. The van der Waals surface area contributed by atoms with E-state index in [1.807, 2.05) is 0 Å². The van der Waals surface area contributed by atoms with E-state index in [1.54, 1.807) is 0 Å². The predicted octanol–water partition coefficient (Wildman–Crippen LogP) is 1.15. The van der Waals surface area contributed by atoms with Gasteiger partial charge in [0.05, 0.1) is 0 Å². The predicted molar refractivity (Wildman–Crippen MR) is 68.5 cm³/mol. The van der Waals surface area contributed by atoms with E-state index < -0.39 is 19.5 Å². The quantitative estimate of drug-likeness (QED) is 0.717. The summed E-state index contributed by atoms with van der Waals surface area (Å²) < 4.78 is 6.58. The van der Waals surface area contributed by atoms with E-state index >= 15 is 0 Å². The molecule has 0 bridgehead atoms. The molecule has 0 atom stereocenters. The SMILES string of the molecule is CC(=O)[O][Ti+2][C]1=C(C)C(C)=C(C)C1(C)C.C[O-].C[O-]. The van der Waals surface area contributed by atoms with Crippen molar-refractivity contribution in [1.29, 1.82) is 0 Å². The minimum absolute atomic E-state index is 0.0869. The van der Waals surface area contributed by atoms with Crippen LogP contribution < -0.4 is 10.2 Å². The van der Waals surface area contributed by atoms with Crippen molar-refractivity contribution in [2.75, 3.05) is 14.2 Å². The first-order valence-corrected chi connectivity index (χ1v) is 7.35. The molecule has 0 unspecified atom stereocenters. The van der Waals surface area contributed by atoms with Crippen LogP contribution in [0.25, 0.3) is 0 Å². The Morgan fingerprint density at radius 2 is 1.47 bits per heavy atom. The molecule has 0 radical (unpaired) electrons. The maximum Gasteiger partial charge on any atom is -0.153 e. The normalized spacial score (nSPS) is 15.9. The first kappa shape index (κ1) is 20.9. The van der Waals surface area contributed by atoms with Gasteiger partial charge in [-0.15, -0.1) is 0 Å². The second-order valence-corrected chi connectivity index (χ2v) is 5.99. The Morgan fingerprint density at radius 1 is 1.05 bits per heavy atom. The zero-order chi connectivity index (χ0) is 15.8. The molecule has 1 aliphatic carbocycles. The molecule has 19 heavy (non-hydrogen) atoms. The fourth-order valence-electron chi connectivity index (χ4n) is 1.92. The molecule has 0 saturated heterocycles. The molecule has 0 saturated carbocycles. The molecule has 5 heteroatoms. The smallest absolute Gasteiger partial charge is 0.153 e. The topological polar surface area (TPSA) is 72.4 Å². The number of rotatable bonds is 2. The Hall–Kier alpha value is -0.416. The van der Waals surface area contributed by atoms with Gasteiger partial charge in [0.25, 0.3) is 0 Å². The summed E-state index contributed by atoms with van der Waals surface area (Å²) in [6.45, 7) is 12.4. The van der Waals surface area contributed by atoms with Gasteiger partial charge in [0.1, 0.15) is 0 Å². The summed E-state index contributed by atoms with van der Waals surface area (Å²) >= 11 is -0.756. The van der Waals surface area contributed by atoms with Gasteiger partial charge < -0.3 is 10.2 Å².